The van der Waals surface area contributed by atoms with Crippen LogP contribution in [-0.2, 0) is 20.9 Å². The van der Waals surface area contributed by atoms with E-state index in [0.29, 0.717) is 16.6 Å². The minimum Gasteiger partial charge on any atom is -0.482 e. The number of anilines is 2. The van der Waals surface area contributed by atoms with Crippen LogP contribution in [-0.4, -0.2) is 23.5 Å². The minimum atomic E-state index is -0.558. The molecule has 1 heterocycles. The maximum atomic E-state index is 14.1. The zero-order chi connectivity index (χ0) is 20.8. The molecule has 3 rings (SSSR count). The molecule has 1 aromatic heterocycles. The van der Waals surface area contributed by atoms with Crippen molar-refractivity contribution in [3.8, 4) is 5.75 Å². The Balaban J connectivity index is 1.60. The topological polar surface area (TPSA) is 68.7 Å². The Morgan fingerprint density at radius 2 is 2.00 bits per heavy atom. The molecule has 0 bridgehead atoms. The third kappa shape index (κ3) is 5.61. The Morgan fingerprint density at radius 1 is 1.21 bits per heavy atom. The van der Waals surface area contributed by atoms with Crippen molar-refractivity contribution in [2.75, 3.05) is 11.5 Å². The number of halogens is 2. The van der Waals surface area contributed by atoms with Crippen molar-refractivity contribution < 1.29 is 23.5 Å². The summed E-state index contributed by atoms with van der Waals surface area (Å²) in [5.74, 6) is -0.933. The van der Waals surface area contributed by atoms with E-state index in [1.54, 1.807) is 35.7 Å². The number of amides is 1. The summed E-state index contributed by atoms with van der Waals surface area (Å²) in [7, 11) is 0. The molecule has 0 aliphatic carbocycles. The van der Waals surface area contributed by atoms with Gasteiger partial charge in [0.25, 0.3) is 0 Å². The highest BCUT2D eigenvalue weighted by Gasteiger charge is 2.21. The average molecular weight is 479 g/mol. The highest BCUT2D eigenvalue weighted by molar-refractivity contribution is 9.10. The Kier molecular flexibility index (Phi) is 6.95. The molecule has 3 aromatic rings. The minimum absolute atomic E-state index is 0.0831. The third-order valence-corrected chi connectivity index (χ3v) is 5.04. The molecule has 9 heteroatoms. The summed E-state index contributed by atoms with van der Waals surface area (Å²) in [5, 5.41) is 1.94. The van der Waals surface area contributed by atoms with E-state index in [4.69, 9.17) is 9.47 Å². The number of carbonyl (C=O) groups is 2. The summed E-state index contributed by atoms with van der Waals surface area (Å²) in [6.45, 7) is 0.995. The Bertz CT molecular complexity index is 1030. The highest BCUT2D eigenvalue weighted by Crippen LogP contribution is 2.30. The van der Waals surface area contributed by atoms with Gasteiger partial charge >= 0.3 is 5.97 Å². The number of aromatic nitrogens is 1. The second-order valence-corrected chi connectivity index (χ2v) is 7.59. The van der Waals surface area contributed by atoms with Gasteiger partial charge in [-0.15, -0.1) is 11.3 Å². The number of thiazole rings is 1. The van der Waals surface area contributed by atoms with Gasteiger partial charge in [-0.3, -0.25) is 9.69 Å². The lowest BCUT2D eigenvalue weighted by Crippen LogP contribution is -2.23. The maximum absolute atomic E-state index is 14.1. The molecule has 150 valence electrons. The Morgan fingerprint density at radius 3 is 2.72 bits per heavy atom. The van der Waals surface area contributed by atoms with Gasteiger partial charge in [-0.05, 0) is 30.3 Å². The quantitative estimate of drug-likeness (QED) is 0.454. The van der Waals surface area contributed by atoms with Gasteiger partial charge in [0.2, 0.25) is 5.91 Å². The number of para-hydroxylation sites is 1. The molecular weight excluding hydrogens is 463 g/mol. The largest absolute Gasteiger partial charge is 0.482 e. The van der Waals surface area contributed by atoms with Gasteiger partial charge in [0, 0.05) is 16.8 Å². The smallest absolute Gasteiger partial charge is 0.344 e. The predicted octanol–water partition coefficient (Wildman–Crippen LogP) is 4.85. The van der Waals surface area contributed by atoms with Gasteiger partial charge in [-0.25, -0.2) is 14.2 Å². The molecule has 0 saturated heterocycles. The van der Waals surface area contributed by atoms with Gasteiger partial charge in [-0.1, -0.05) is 34.1 Å². The Labute approximate surface area is 179 Å². The van der Waals surface area contributed by atoms with E-state index in [1.165, 1.54) is 24.0 Å². The third-order valence-electron chi connectivity index (χ3n) is 3.67. The van der Waals surface area contributed by atoms with Crippen LogP contribution in [0.3, 0.4) is 0 Å². The molecule has 0 fully saturated rings. The van der Waals surface area contributed by atoms with Crippen molar-refractivity contribution in [3.05, 3.63) is 69.9 Å². The van der Waals surface area contributed by atoms with E-state index >= 15 is 0 Å². The van der Waals surface area contributed by atoms with E-state index in [0.717, 1.165) is 15.8 Å². The molecule has 0 spiro atoms. The summed E-state index contributed by atoms with van der Waals surface area (Å²) < 4.78 is 25.4. The van der Waals surface area contributed by atoms with Crippen LogP contribution in [0, 0.1) is 5.82 Å². The number of benzene rings is 2. The van der Waals surface area contributed by atoms with Gasteiger partial charge in [0.1, 0.15) is 18.2 Å². The van der Waals surface area contributed by atoms with Gasteiger partial charge in [0.05, 0.1) is 11.4 Å². The summed E-state index contributed by atoms with van der Waals surface area (Å²) >= 11 is 4.47. The number of esters is 1. The van der Waals surface area contributed by atoms with E-state index < -0.39 is 11.8 Å². The van der Waals surface area contributed by atoms with E-state index in [1.807, 2.05) is 6.07 Å². The first-order chi connectivity index (χ1) is 13.9. The number of nitrogens with zero attached hydrogens (tertiary/aromatic N) is 2. The van der Waals surface area contributed by atoms with Crippen LogP contribution in [0.25, 0.3) is 0 Å². The second-order valence-electron chi connectivity index (χ2n) is 5.83. The number of rotatable bonds is 7. The molecule has 0 radical (unpaired) electrons. The van der Waals surface area contributed by atoms with Crippen LogP contribution in [0.1, 0.15) is 12.6 Å². The standard InChI is InChI=1S/C20H16BrFN2O4S/c1-13(25)24(18-8-3-2-7-17(18)22)20-23-15(12-29-20)10-28-19(26)11-27-16-6-4-5-14(21)9-16/h2-9,12H,10-11H2,1H3. The summed E-state index contributed by atoms with van der Waals surface area (Å²) in [4.78, 5) is 29.4. The molecule has 1 amide bonds. The lowest BCUT2D eigenvalue weighted by atomic mass is 10.3. The van der Waals surface area contributed by atoms with Crippen LogP contribution in [0.15, 0.2) is 58.4 Å². The van der Waals surface area contributed by atoms with Crippen molar-refractivity contribution in [1.82, 2.24) is 4.98 Å². The highest BCUT2D eigenvalue weighted by atomic mass is 79.9. The molecule has 0 atom stereocenters. The fourth-order valence-corrected chi connectivity index (χ4v) is 3.64. The van der Waals surface area contributed by atoms with Crippen molar-refractivity contribution >= 4 is 50.0 Å². The van der Waals surface area contributed by atoms with Gasteiger partial charge in [0.15, 0.2) is 11.7 Å². The van der Waals surface area contributed by atoms with Gasteiger partial charge < -0.3 is 9.47 Å². The van der Waals surface area contributed by atoms with Crippen LogP contribution in [0.4, 0.5) is 15.2 Å². The summed E-state index contributed by atoms with van der Waals surface area (Å²) in [6, 6.07) is 13.0. The van der Waals surface area contributed by atoms with Gasteiger partial charge in [-0.2, -0.15) is 0 Å². The lowest BCUT2D eigenvalue weighted by Gasteiger charge is -2.18. The van der Waals surface area contributed by atoms with E-state index in [2.05, 4.69) is 20.9 Å². The van der Waals surface area contributed by atoms with Crippen LogP contribution < -0.4 is 9.64 Å². The molecule has 6 nitrogen and oxygen atoms in total. The number of ether oxygens (including phenoxy) is 2. The fourth-order valence-electron chi connectivity index (χ4n) is 2.40. The zero-order valence-corrected chi connectivity index (χ0v) is 17.7. The van der Waals surface area contributed by atoms with Crippen LogP contribution in [0.2, 0.25) is 0 Å². The van der Waals surface area contributed by atoms with Crippen molar-refractivity contribution in [3.63, 3.8) is 0 Å². The van der Waals surface area contributed by atoms with E-state index in [-0.39, 0.29) is 24.8 Å². The first kappa shape index (κ1) is 20.9. The molecule has 0 saturated carbocycles. The van der Waals surface area contributed by atoms with Crippen molar-refractivity contribution in [2.24, 2.45) is 0 Å². The molecule has 29 heavy (non-hydrogen) atoms. The number of hydrogen-bond acceptors (Lipinski definition) is 6. The number of hydrogen-bond donors (Lipinski definition) is 0. The monoisotopic (exact) mass is 478 g/mol. The fraction of sp³-hybridized carbons (Fsp3) is 0.150. The molecule has 2 aromatic carbocycles. The summed E-state index contributed by atoms with van der Waals surface area (Å²) in [5.41, 5.74) is 0.559. The van der Waals surface area contributed by atoms with Crippen LogP contribution >= 0.6 is 27.3 Å². The predicted molar refractivity (Wildman–Crippen MR) is 111 cm³/mol. The first-order valence-electron chi connectivity index (χ1n) is 8.47. The lowest BCUT2D eigenvalue weighted by molar-refractivity contribution is -0.147. The molecular formula is C20H16BrFN2O4S. The van der Waals surface area contributed by atoms with Crippen LogP contribution in [0.5, 0.6) is 5.75 Å². The number of carbonyl (C=O) groups excluding carboxylic acids is 2. The maximum Gasteiger partial charge on any atom is 0.344 e. The second kappa shape index (κ2) is 9.62. The van der Waals surface area contributed by atoms with E-state index in [9.17, 15) is 14.0 Å². The average Bonchev–Trinajstić information content (AvgIpc) is 3.15. The van der Waals surface area contributed by atoms with Crippen molar-refractivity contribution in [2.45, 2.75) is 13.5 Å². The molecule has 0 N–H and O–H groups in total. The van der Waals surface area contributed by atoms with Crippen molar-refractivity contribution in [1.29, 1.82) is 0 Å². The Hall–Kier alpha value is -2.78. The first-order valence-corrected chi connectivity index (χ1v) is 10.1. The molecule has 0 unspecified atom stereocenters. The normalized spacial score (nSPS) is 10.4. The zero-order valence-electron chi connectivity index (χ0n) is 15.3. The molecule has 0 aliphatic rings. The molecule has 0 aliphatic heterocycles. The summed E-state index contributed by atoms with van der Waals surface area (Å²) in [6.07, 6.45) is 0. The SMILES string of the molecule is CC(=O)N(c1nc(COC(=O)COc2cccc(Br)c2)cs1)c1ccccc1F.